The molecule has 3 aromatic rings. The number of carbonyl (C=O) groups excluding carboxylic acids is 2. The minimum absolute atomic E-state index is 0.0110. The van der Waals surface area contributed by atoms with Crippen molar-refractivity contribution in [2.45, 2.75) is 69.4 Å². The number of halogens is 13. The van der Waals surface area contributed by atoms with Gasteiger partial charge in [-0.3, -0.25) is 15.0 Å². The van der Waals surface area contributed by atoms with Crippen molar-refractivity contribution in [2.75, 3.05) is 0 Å². The number of nitro benzene ring substituents is 1. The predicted octanol–water partition coefficient (Wildman–Crippen LogP) is 10.4. The average Bonchev–Trinajstić information content (AvgIpc) is 3.52. The molecule has 3 aromatic carbocycles. The molecule has 22 heteroatoms. The van der Waals surface area contributed by atoms with E-state index in [1.807, 2.05) is 0 Å². The number of cyclic esters (lactones) is 2. The molecule has 9 nitrogen and oxygen atoms in total. The molecule has 5 rings (SSSR count). The summed E-state index contributed by atoms with van der Waals surface area (Å²) >= 11 is 3.20. The number of nitro groups is 1. The Morgan fingerprint density at radius 3 is 1.53 bits per heavy atom. The van der Waals surface area contributed by atoms with Crippen molar-refractivity contribution in [1.29, 1.82) is 0 Å². The van der Waals surface area contributed by atoms with E-state index in [-0.39, 0.29) is 29.9 Å². The van der Waals surface area contributed by atoms with Crippen LogP contribution in [-0.2, 0) is 40.7 Å². The van der Waals surface area contributed by atoms with Crippen molar-refractivity contribution in [3.05, 3.63) is 108 Å². The van der Waals surface area contributed by atoms with Gasteiger partial charge in [0.15, 0.2) is 0 Å². The summed E-state index contributed by atoms with van der Waals surface area (Å²) in [6.45, 7) is 2.60. The maximum atomic E-state index is 13.2. The molecule has 2 aliphatic heterocycles. The molecule has 2 saturated heterocycles. The first-order valence-corrected chi connectivity index (χ1v) is 15.4. The number of carbonyl (C=O) groups is 2. The number of nitrogens with zero attached hydrogens (tertiary/aromatic N) is 2. The lowest BCUT2D eigenvalue weighted by Crippen LogP contribution is -2.31. The third-order valence-electron chi connectivity index (χ3n) is 7.88. The second-order valence-electron chi connectivity index (χ2n) is 11.6. The molecular weight excluding hydrogens is 818 g/mol. The van der Waals surface area contributed by atoms with Crippen molar-refractivity contribution in [3.8, 4) is 0 Å². The number of ether oxygens (including phenoxy) is 2. The lowest BCUT2D eigenvalue weighted by atomic mass is 9.97. The van der Waals surface area contributed by atoms with Gasteiger partial charge in [0.25, 0.3) is 5.69 Å². The Morgan fingerprint density at radius 2 is 1.15 bits per heavy atom. The van der Waals surface area contributed by atoms with Gasteiger partial charge in [0, 0.05) is 16.6 Å². The summed E-state index contributed by atoms with van der Waals surface area (Å²) in [5.74, 6) is 0. The third-order valence-corrected chi connectivity index (χ3v) is 8.66. The van der Waals surface area contributed by atoms with Gasteiger partial charge in [0.1, 0.15) is 12.2 Å². The lowest BCUT2D eigenvalue weighted by Gasteiger charge is -2.22. The van der Waals surface area contributed by atoms with Gasteiger partial charge < -0.3 is 14.8 Å². The van der Waals surface area contributed by atoms with E-state index in [0.29, 0.717) is 34.3 Å². The van der Waals surface area contributed by atoms with E-state index in [2.05, 4.69) is 21.2 Å². The highest BCUT2D eigenvalue weighted by molar-refractivity contribution is 9.10. The number of amides is 2. The number of alkyl halides is 12. The molecule has 2 heterocycles. The molecule has 0 unspecified atom stereocenters. The third kappa shape index (κ3) is 9.62. The molecule has 0 spiro atoms. The van der Waals surface area contributed by atoms with Gasteiger partial charge in [-0.1, -0.05) is 15.9 Å². The van der Waals surface area contributed by atoms with Crippen LogP contribution in [0.25, 0.3) is 0 Å². The van der Waals surface area contributed by atoms with Crippen molar-refractivity contribution in [1.82, 2.24) is 10.2 Å². The Kier molecular flexibility index (Phi) is 11.3. The Morgan fingerprint density at radius 1 is 0.717 bits per heavy atom. The summed E-state index contributed by atoms with van der Waals surface area (Å²) in [4.78, 5) is 34.8. The van der Waals surface area contributed by atoms with Crippen LogP contribution in [0.4, 0.5) is 68.0 Å². The van der Waals surface area contributed by atoms with E-state index in [4.69, 9.17) is 9.47 Å². The van der Waals surface area contributed by atoms with Crippen LogP contribution >= 0.6 is 15.9 Å². The summed E-state index contributed by atoms with van der Waals surface area (Å²) in [5, 5.41) is 13.3. The van der Waals surface area contributed by atoms with Crippen LogP contribution in [0.1, 0.15) is 65.0 Å². The van der Waals surface area contributed by atoms with E-state index >= 15 is 0 Å². The first-order chi connectivity index (χ1) is 24.2. The number of nitrogens with one attached hydrogen (secondary N) is 1. The van der Waals surface area contributed by atoms with Gasteiger partial charge in [-0.15, -0.1) is 0 Å². The Hall–Kier alpha value is -4.76. The summed E-state index contributed by atoms with van der Waals surface area (Å²) < 4.78 is 165. The van der Waals surface area contributed by atoms with Crippen LogP contribution in [0, 0.1) is 10.1 Å². The number of hydrogen-bond donors (Lipinski definition) is 1. The number of non-ortho nitro benzene ring substituents is 1. The minimum Gasteiger partial charge on any atom is -0.439 e. The quantitative estimate of drug-likeness (QED) is 0.156. The summed E-state index contributed by atoms with van der Waals surface area (Å²) in [6.07, 6.45) is -24.5. The molecule has 288 valence electrons. The normalized spacial score (nSPS) is 20.7. The molecule has 53 heavy (non-hydrogen) atoms. The first-order valence-electron chi connectivity index (χ1n) is 14.6. The largest absolute Gasteiger partial charge is 0.439 e. The average molecular weight is 840 g/mol. The van der Waals surface area contributed by atoms with Crippen LogP contribution in [0.2, 0.25) is 0 Å². The number of benzene rings is 3. The number of hydrogen-bond acceptors (Lipinski definition) is 6. The smallest absolute Gasteiger partial charge is 0.416 e. The monoisotopic (exact) mass is 839 g/mol. The number of rotatable bonds is 5. The number of alkyl carbamates (subject to hydrolysis) is 1. The summed E-state index contributed by atoms with van der Waals surface area (Å²) in [5.41, 5.74) is -6.70. The maximum Gasteiger partial charge on any atom is 0.416 e. The van der Waals surface area contributed by atoms with E-state index in [9.17, 15) is 72.4 Å². The molecule has 2 amide bonds. The van der Waals surface area contributed by atoms with Crippen LogP contribution in [0.15, 0.2) is 59.1 Å². The van der Waals surface area contributed by atoms with Crippen LogP contribution in [0.5, 0.6) is 0 Å². The van der Waals surface area contributed by atoms with Crippen LogP contribution in [0.3, 0.4) is 0 Å². The molecule has 2 fully saturated rings. The Balaban J connectivity index is 0.000000258. The fourth-order valence-corrected chi connectivity index (χ4v) is 5.67. The zero-order valence-electron chi connectivity index (χ0n) is 26.5. The molecule has 0 bridgehead atoms. The highest BCUT2D eigenvalue weighted by Gasteiger charge is 2.44. The van der Waals surface area contributed by atoms with E-state index in [1.54, 1.807) is 0 Å². The van der Waals surface area contributed by atoms with Gasteiger partial charge in [0.05, 0.1) is 45.8 Å². The predicted molar refractivity (Wildman–Crippen MR) is 160 cm³/mol. The highest BCUT2D eigenvalue weighted by Crippen LogP contribution is 2.42. The van der Waals surface area contributed by atoms with Gasteiger partial charge >= 0.3 is 36.9 Å². The van der Waals surface area contributed by atoms with Gasteiger partial charge in [-0.25, -0.2) is 9.59 Å². The first kappa shape index (κ1) is 41.0. The molecule has 4 atom stereocenters. The topological polar surface area (TPSA) is 111 Å². The van der Waals surface area contributed by atoms with E-state index in [0.717, 1.165) is 4.90 Å². The Bertz CT molecular complexity index is 1830. The molecular formula is C31H22BrF12N3O6. The standard InChI is InChI=1S/C19H13BrF6N2O4.C12H9F6NO2/c1-9-16(10-4-12(18(21,22)23)7-13(5-10)19(24,25)26)32-17(29)27(9)8-11-6-14(28(30)31)2-3-15(11)20;1-5-9(21-10(20)19-5)6-2-7(11(13,14)15)4-8(3-6)12(16,17)18/h2-7,9,16H,8H2,1H3;2-5,9H,1H3,(H,19,20)/t9-,16-;5-,9-/m00/s1. The van der Waals surface area contributed by atoms with Gasteiger partial charge in [-0.2, -0.15) is 52.7 Å². The molecule has 0 aromatic heterocycles. The van der Waals surface area contributed by atoms with Crippen LogP contribution in [-0.4, -0.2) is 34.1 Å². The summed E-state index contributed by atoms with van der Waals surface area (Å²) in [6, 6.07) is 4.26. The van der Waals surface area contributed by atoms with E-state index in [1.165, 1.54) is 32.0 Å². The van der Waals surface area contributed by atoms with Crippen molar-refractivity contribution in [3.63, 3.8) is 0 Å². The second-order valence-corrected chi connectivity index (χ2v) is 12.5. The Labute approximate surface area is 298 Å². The highest BCUT2D eigenvalue weighted by atomic mass is 79.9. The fraction of sp³-hybridized carbons (Fsp3) is 0.355. The maximum absolute atomic E-state index is 13.2. The molecule has 0 radical (unpaired) electrons. The van der Waals surface area contributed by atoms with Crippen molar-refractivity contribution >= 4 is 33.8 Å². The zero-order chi connectivity index (χ0) is 40.0. The molecule has 2 aliphatic rings. The van der Waals surface area contributed by atoms with Crippen molar-refractivity contribution in [2.24, 2.45) is 0 Å². The summed E-state index contributed by atoms with van der Waals surface area (Å²) in [7, 11) is 0. The van der Waals surface area contributed by atoms with Crippen LogP contribution < -0.4 is 5.32 Å². The molecule has 0 aliphatic carbocycles. The van der Waals surface area contributed by atoms with Crippen molar-refractivity contribution < 1.29 is 76.7 Å². The van der Waals surface area contributed by atoms with Gasteiger partial charge in [0.2, 0.25) is 0 Å². The van der Waals surface area contributed by atoms with Gasteiger partial charge in [-0.05, 0) is 73.0 Å². The SMILES string of the molecule is C[C@@H]1NC(=O)O[C@@H]1c1cc(C(F)(F)F)cc(C(F)(F)F)c1.C[C@H]1[C@@H](c2cc(C(F)(F)F)cc(C(F)(F)F)c2)OC(=O)N1Cc1cc([N+](=O)[O-])ccc1Br. The minimum atomic E-state index is -5.05. The molecule has 0 saturated carbocycles. The molecule has 1 N–H and O–H groups in total. The zero-order valence-corrected chi connectivity index (χ0v) is 28.1. The fourth-order valence-electron chi connectivity index (χ4n) is 5.30. The lowest BCUT2D eigenvalue weighted by molar-refractivity contribution is -0.384. The second kappa shape index (κ2) is 14.6. The van der Waals surface area contributed by atoms with E-state index < -0.39 is 93.9 Å².